The molecule has 0 N–H and O–H groups in total. The molecule has 0 atom stereocenters. The third-order valence-corrected chi connectivity index (χ3v) is 3.72. The number of hydrogen-bond donors (Lipinski definition) is 0. The van der Waals surface area contributed by atoms with Crippen molar-refractivity contribution in [1.82, 2.24) is 28.9 Å². The Morgan fingerprint density at radius 2 is 2.04 bits per heavy atom. The fraction of sp³-hybridized carbons (Fsp3) is 0.333. The van der Waals surface area contributed by atoms with Crippen LogP contribution < -0.4 is 5.56 Å². The lowest BCUT2D eigenvalue weighted by Crippen LogP contribution is -2.22. The average Bonchev–Trinajstić information content (AvgIpc) is 3.09. The van der Waals surface area contributed by atoms with Crippen molar-refractivity contribution in [3.63, 3.8) is 0 Å². The topological polar surface area (TPSA) is 70.0 Å². The molecule has 122 valence electrons. The third-order valence-electron chi connectivity index (χ3n) is 3.18. The number of thioether (sulfide) groups is 1. The molecule has 7 nitrogen and oxygen atoms in total. The number of hydrogen-bond acceptors (Lipinski definition) is 5. The van der Waals surface area contributed by atoms with Crippen LogP contribution in [0.3, 0.4) is 0 Å². The van der Waals surface area contributed by atoms with Crippen molar-refractivity contribution in [2.45, 2.75) is 24.9 Å². The molecular formula is C12H11F3N6OS. The van der Waals surface area contributed by atoms with Crippen LogP contribution in [-0.2, 0) is 12.8 Å². The first-order chi connectivity index (χ1) is 10.8. The van der Waals surface area contributed by atoms with E-state index in [0.29, 0.717) is 10.9 Å². The largest absolute Gasteiger partial charge is 0.435 e. The summed E-state index contributed by atoms with van der Waals surface area (Å²) in [5.41, 5.74) is -0.775. The average molecular weight is 344 g/mol. The van der Waals surface area contributed by atoms with Gasteiger partial charge in [0.25, 0.3) is 5.56 Å². The predicted octanol–water partition coefficient (Wildman–Crippen LogP) is 1.64. The molecule has 23 heavy (non-hydrogen) atoms. The molecule has 0 saturated carbocycles. The molecule has 0 saturated heterocycles. The molecule has 0 fully saturated rings. The Morgan fingerprint density at radius 1 is 1.30 bits per heavy atom. The van der Waals surface area contributed by atoms with Gasteiger partial charge in [0.05, 0.1) is 0 Å². The van der Waals surface area contributed by atoms with Gasteiger partial charge in [0.15, 0.2) is 5.69 Å². The van der Waals surface area contributed by atoms with Crippen LogP contribution in [0.5, 0.6) is 0 Å². The van der Waals surface area contributed by atoms with E-state index in [1.807, 2.05) is 0 Å². The Morgan fingerprint density at radius 3 is 2.65 bits per heavy atom. The molecule has 3 heterocycles. The molecular weight excluding hydrogens is 333 g/mol. The van der Waals surface area contributed by atoms with Crippen LogP contribution in [0.4, 0.5) is 13.2 Å². The number of aryl methyl sites for hydroxylation is 1. The van der Waals surface area contributed by atoms with E-state index >= 15 is 0 Å². The summed E-state index contributed by atoms with van der Waals surface area (Å²) in [4.78, 5) is 16.2. The molecule has 0 aromatic carbocycles. The van der Waals surface area contributed by atoms with Gasteiger partial charge in [-0.15, -0.1) is 5.10 Å². The van der Waals surface area contributed by atoms with Gasteiger partial charge < -0.3 is 0 Å². The van der Waals surface area contributed by atoms with Gasteiger partial charge >= 0.3 is 6.18 Å². The van der Waals surface area contributed by atoms with E-state index in [0.717, 1.165) is 15.3 Å². The van der Waals surface area contributed by atoms with Crippen LogP contribution in [0, 0.1) is 6.92 Å². The van der Waals surface area contributed by atoms with Gasteiger partial charge in [0, 0.05) is 18.0 Å². The second-order valence-electron chi connectivity index (χ2n) is 4.74. The van der Waals surface area contributed by atoms with E-state index < -0.39 is 11.9 Å². The van der Waals surface area contributed by atoms with Gasteiger partial charge in [-0.3, -0.25) is 14.0 Å². The molecule has 3 rings (SSSR count). The highest BCUT2D eigenvalue weighted by Crippen LogP contribution is 2.27. The highest BCUT2D eigenvalue weighted by molar-refractivity contribution is 7.98. The van der Waals surface area contributed by atoms with Crippen molar-refractivity contribution >= 4 is 17.5 Å². The van der Waals surface area contributed by atoms with Gasteiger partial charge in [0.2, 0.25) is 10.9 Å². The number of fused-ring (bicyclic) bond motifs is 1. The van der Waals surface area contributed by atoms with E-state index in [4.69, 9.17) is 0 Å². The van der Waals surface area contributed by atoms with Crippen LogP contribution >= 0.6 is 11.8 Å². The van der Waals surface area contributed by atoms with E-state index in [9.17, 15) is 18.0 Å². The monoisotopic (exact) mass is 344 g/mol. The fourth-order valence-electron chi connectivity index (χ4n) is 2.08. The maximum absolute atomic E-state index is 12.6. The standard InChI is InChI=1S/C12H11F3N6OS/c1-7-5-9(22)21-11(16-10(18-21)23-2)20(7)6-19-4-3-8(17-19)12(13,14)15/h3-5H,6H2,1-2H3. The van der Waals surface area contributed by atoms with E-state index in [1.165, 1.54) is 24.0 Å². The summed E-state index contributed by atoms with van der Waals surface area (Å²) in [6.45, 7) is 1.65. The van der Waals surface area contributed by atoms with Crippen LogP contribution in [0.1, 0.15) is 11.4 Å². The third kappa shape index (κ3) is 2.83. The summed E-state index contributed by atoms with van der Waals surface area (Å²) in [7, 11) is 0. The lowest BCUT2D eigenvalue weighted by Gasteiger charge is -2.11. The molecule has 3 aromatic heterocycles. The zero-order valence-electron chi connectivity index (χ0n) is 12.1. The number of nitrogens with zero attached hydrogens (tertiary/aromatic N) is 6. The van der Waals surface area contributed by atoms with Crippen LogP contribution in [0.15, 0.2) is 28.3 Å². The van der Waals surface area contributed by atoms with Crippen molar-refractivity contribution in [2.75, 3.05) is 6.26 Å². The molecule has 3 aromatic rings. The molecule has 0 aliphatic carbocycles. The zero-order valence-corrected chi connectivity index (χ0v) is 12.9. The summed E-state index contributed by atoms with van der Waals surface area (Å²) >= 11 is 1.27. The Kier molecular flexibility index (Phi) is 3.66. The Balaban J connectivity index is 2.07. The van der Waals surface area contributed by atoms with Crippen molar-refractivity contribution in [3.8, 4) is 0 Å². The maximum atomic E-state index is 12.6. The SMILES string of the molecule is CSc1nc2n(Cn3ccc(C(F)(F)F)n3)c(C)cc(=O)n2n1. The Hall–Kier alpha value is -2.30. The molecule has 11 heteroatoms. The van der Waals surface area contributed by atoms with Gasteiger partial charge in [-0.05, 0) is 19.2 Å². The van der Waals surface area contributed by atoms with E-state index in [2.05, 4.69) is 15.2 Å². The first-order valence-electron chi connectivity index (χ1n) is 6.41. The van der Waals surface area contributed by atoms with Crippen LogP contribution in [0.25, 0.3) is 5.78 Å². The van der Waals surface area contributed by atoms with Crippen LogP contribution in [0.2, 0.25) is 0 Å². The Labute approximate surface area is 131 Å². The zero-order chi connectivity index (χ0) is 16.8. The highest BCUT2D eigenvalue weighted by Gasteiger charge is 2.33. The van der Waals surface area contributed by atoms with Gasteiger partial charge in [-0.25, -0.2) is 0 Å². The van der Waals surface area contributed by atoms with Crippen molar-refractivity contribution in [3.05, 3.63) is 40.1 Å². The summed E-state index contributed by atoms with van der Waals surface area (Å²) in [6.07, 6.45) is -1.51. The van der Waals surface area contributed by atoms with E-state index in [1.54, 1.807) is 17.7 Å². The minimum atomic E-state index is -4.50. The minimum absolute atomic E-state index is 0.0157. The molecule has 0 amide bonds. The highest BCUT2D eigenvalue weighted by atomic mass is 32.2. The quantitative estimate of drug-likeness (QED) is 0.676. The summed E-state index contributed by atoms with van der Waals surface area (Å²) in [6, 6.07) is 2.24. The summed E-state index contributed by atoms with van der Waals surface area (Å²) in [5, 5.41) is 7.95. The number of alkyl halides is 3. The van der Waals surface area contributed by atoms with E-state index in [-0.39, 0.29) is 18.0 Å². The Bertz CT molecular complexity index is 925. The van der Waals surface area contributed by atoms with Gasteiger partial charge in [-0.2, -0.15) is 27.8 Å². The van der Waals surface area contributed by atoms with Crippen molar-refractivity contribution in [2.24, 2.45) is 0 Å². The first kappa shape index (κ1) is 15.6. The predicted molar refractivity (Wildman–Crippen MR) is 76.4 cm³/mol. The normalized spacial score (nSPS) is 12.2. The smallest absolute Gasteiger partial charge is 0.294 e. The lowest BCUT2D eigenvalue weighted by molar-refractivity contribution is -0.141. The molecule has 0 spiro atoms. The van der Waals surface area contributed by atoms with Gasteiger partial charge in [0.1, 0.15) is 6.67 Å². The summed E-state index contributed by atoms with van der Waals surface area (Å²) in [5.74, 6) is 0.253. The maximum Gasteiger partial charge on any atom is 0.435 e. The molecule has 0 aliphatic heterocycles. The van der Waals surface area contributed by atoms with Crippen LogP contribution in [-0.4, -0.2) is 35.2 Å². The molecule has 0 unspecified atom stereocenters. The number of rotatable bonds is 3. The minimum Gasteiger partial charge on any atom is -0.294 e. The number of halogens is 3. The van der Waals surface area contributed by atoms with Crippen molar-refractivity contribution < 1.29 is 13.2 Å². The second kappa shape index (κ2) is 5.41. The molecule has 0 aliphatic rings. The van der Waals surface area contributed by atoms with Crippen molar-refractivity contribution in [1.29, 1.82) is 0 Å². The lowest BCUT2D eigenvalue weighted by atomic mass is 10.4. The second-order valence-corrected chi connectivity index (χ2v) is 5.52. The van der Waals surface area contributed by atoms with Gasteiger partial charge in [-0.1, -0.05) is 11.8 Å². The molecule has 0 radical (unpaired) electrons. The molecule has 0 bridgehead atoms. The number of aromatic nitrogens is 6. The first-order valence-corrected chi connectivity index (χ1v) is 7.64. The fourth-order valence-corrected chi connectivity index (χ4v) is 2.42. The summed E-state index contributed by atoms with van der Waals surface area (Å²) < 4.78 is 41.7.